The van der Waals surface area contributed by atoms with Crippen LogP contribution in [0.1, 0.15) is 148 Å². The van der Waals surface area contributed by atoms with Crippen LogP contribution in [0.4, 0.5) is 0 Å². The van der Waals surface area contributed by atoms with Crippen molar-refractivity contribution in [1.29, 1.82) is 0 Å². The Balaban J connectivity index is 1.32. The van der Waals surface area contributed by atoms with Gasteiger partial charge in [0.1, 0.15) is 0 Å². The lowest BCUT2D eigenvalue weighted by Crippen LogP contribution is -2.54. The summed E-state index contributed by atoms with van der Waals surface area (Å²) in [5.41, 5.74) is 0.392. The number of rotatable bonds is 28. The zero-order valence-electron chi connectivity index (χ0n) is 25.4. The summed E-state index contributed by atoms with van der Waals surface area (Å²) >= 11 is 0. The van der Waals surface area contributed by atoms with Crippen molar-refractivity contribution >= 4 is 11.9 Å². The first-order chi connectivity index (χ1) is 19.1. The summed E-state index contributed by atoms with van der Waals surface area (Å²) in [6.07, 6.45) is 24.6. The molecule has 0 aliphatic heterocycles. The number of aliphatic hydroxyl groups excluding tert-OH is 1. The maximum atomic E-state index is 11.9. The molecule has 1 N–H and O–H groups in total. The SMILES string of the molecule is CCCCCCCCCOC(=O)CCCCCCCN(CCO)CCCCCCCC(=O)OCC12CC(C1)C2. The highest BCUT2D eigenvalue weighted by Crippen LogP contribution is 2.64. The number of ether oxygens (including phenoxy) is 2. The van der Waals surface area contributed by atoms with Crippen molar-refractivity contribution in [3.63, 3.8) is 0 Å². The van der Waals surface area contributed by atoms with E-state index in [1.807, 2.05) is 0 Å². The molecule has 0 saturated heterocycles. The van der Waals surface area contributed by atoms with Gasteiger partial charge in [-0.15, -0.1) is 0 Å². The quantitative estimate of drug-likeness (QED) is 0.0797. The highest BCUT2D eigenvalue weighted by molar-refractivity contribution is 5.69. The third-order valence-corrected chi connectivity index (χ3v) is 8.84. The molecule has 2 bridgehead atoms. The van der Waals surface area contributed by atoms with Crippen LogP contribution in [-0.2, 0) is 19.1 Å². The van der Waals surface area contributed by atoms with Crippen molar-refractivity contribution in [3.05, 3.63) is 0 Å². The highest BCUT2D eigenvalue weighted by Gasteiger charge is 2.57. The Hall–Kier alpha value is -1.14. The molecule has 3 rings (SSSR count). The molecular weight excluding hydrogens is 490 g/mol. The first-order valence-electron chi connectivity index (χ1n) is 16.7. The van der Waals surface area contributed by atoms with Crippen LogP contribution >= 0.6 is 0 Å². The number of hydrogen-bond acceptors (Lipinski definition) is 6. The second-order valence-electron chi connectivity index (χ2n) is 12.6. The van der Waals surface area contributed by atoms with Crippen LogP contribution in [0, 0.1) is 11.3 Å². The molecule has 0 aromatic rings. The van der Waals surface area contributed by atoms with Crippen LogP contribution in [0.15, 0.2) is 0 Å². The molecule has 0 radical (unpaired) electrons. The molecule has 6 heteroatoms. The predicted molar refractivity (Wildman–Crippen MR) is 159 cm³/mol. The number of esters is 2. The fourth-order valence-electron chi connectivity index (χ4n) is 6.20. The molecule has 3 saturated carbocycles. The van der Waals surface area contributed by atoms with E-state index in [0.717, 1.165) is 83.3 Å². The van der Waals surface area contributed by atoms with E-state index >= 15 is 0 Å². The topological polar surface area (TPSA) is 76.1 Å². The Kier molecular flexibility index (Phi) is 18.9. The van der Waals surface area contributed by atoms with Crippen LogP contribution in [0.2, 0.25) is 0 Å². The Labute approximate surface area is 240 Å². The Morgan fingerprint density at radius 3 is 1.67 bits per heavy atom. The summed E-state index contributed by atoms with van der Waals surface area (Å²) in [7, 11) is 0. The van der Waals surface area contributed by atoms with Gasteiger partial charge in [-0.3, -0.25) is 9.59 Å². The van der Waals surface area contributed by atoms with Gasteiger partial charge in [0.25, 0.3) is 0 Å². The van der Waals surface area contributed by atoms with Gasteiger partial charge in [0.2, 0.25) is 0 Å². The molecule has 0 amide bonds. The molecule has 39 heavy (non-hydrogen) atoms. The van der Waals surface area contributed by atoms with E-state index < -0.39 is 0 Å². The minimum atomic E-state index is -0.0324. The summed E-state index contributed by atoms with van der Waals surface area (Å²) in [4.78, 5) is 26.2. The number of carbonyl (C=O) groups excluding carboxylic acids is 2. The summed E-state index contributed by atoms with van der Waals surface area (Å²) < 4.78 is 10.9. The lowest BCUT2D eigenvalue weighted by Gasteiger charge is -2.61. The van der Waals surface area contributed by atoms with E-state index in [-0.39, 0.29) is 18.5 Å². The fraction of sp³-hybridized carbons (Fsp3) is 0.939. The maximum absolute atomic E-state index is 11.9. The van der Waals surface area contributed by atoms with Gasteiger partial charge in [0.15, 0.2) is 0 Å². The van der Waals surface area contributed by atoms with Crippen LogP contribution in [-0.4, -0.2) is 61.4 Å². The Morgan fingerprint density at radius 2 is 1.15 bits per heavy atom. The first kappa shape index (κ1) is 34.1. The molecule has 6 nitrogen and oxygen atoms in total. The van der Waals surface area contributed by atoms with Gasteiger partial charge in [-0.1, -0.05) is 84.0 Å². The number of aliphatic hydroxyl groups is 1. The molecule has 3 aliphatic carbocycles. The van der Waals surface area contributed by atoms with E-state index in [1.165, 1.54) is 70.6 Å². The molecule has 0 heterocycles. The van der Waals surface area contributed by atoms with Gasteiger partial charge in [0, 0.05) is 24.8 Å². The van der Waals surface area contributed by atoms with Crippen molar-refractivity contribution < 1.29 is 24.2 Å². The second-order valence-corrected chi connectivity index (χ2v) is 12.6. The molecule has 0 spiro atoms. The highest BCUT2D eigenvalue weighted by atomic mass is 16.5. The van der Waals surface area contributed by atoms with Gasteiger partial charge in [0.05, 0.1) is 19.8 Å². The van der Waals surface area contributed by atoms with Gasteiger partial charge in [-0.2, -0.15) is 0 Å². The normalized spacial score (nSPS) is 19.5. The summed E-state index contributed by atoms with van der Waals surface area (Å²) in [5.74, 6) is 0.900. The molecule has 0 aromatic carbocycles. The standard InChI is InChI=1S/C33H61NO5/c1-2-3-4-5-6-13-18-25-38-31(36)19-14-9-7-11-16-21-34(23-24-35)22-17-12-8-10-15-20-32(37)39-29-33-26-30(27-33)28-33/h30,35H,2-29H2,1H3. The summed E-state index contributed by atoms with van der Waals surface area (Å²) in [5, 5.41) is 9.41. The van der Waals surface area contributed by atoms with Crippen LogP contribution < -0.4 is 0 Å². The van der Waals surface area contributed by atoms with Crippen LogP contribution in [0.5, 0.6) is 0 Å². The van der Waals surface area contributed by atoms with E-state index in [2.05, 4.69) is 11.8 Å². The zero-order chi connectivity index (χ0) is 28.0. The minimum absolute atomic E-state index is 0.00687. The monoisotopic (exact) mass is 551 g/mol. The number of nitrogens with zero attached hydrogens (tertiary/aromatic N) is 1. The van der Waals surface area contributed by atoms with Crippen molar-refractivity contribution in [1.82, 2.24) is 4.90 Å². The lowest BCUT2D eigenvalue weighted by atomic mass is 9.45. The van der Waals surface area contributed by atoms with Crippen molar-refractivity contribution in [2.24, 2.45) is 11.3 Å². The average molecular weight is 552 g/mol. The van der Waals surface area contributed by atoms with E-state index in [1.54, 1.807) is 0 Å². The smallest absolute Gasteiger partial charge is 0.305 e. The second kappa shape index (κ2) is 21.6. The Morgan fingerprint density at radius 1 is 0.667 bits per heavy atom. The molecule has 228 valence electrons. The number of carbonyl (C=O) groups is 2. The molecule has 3 aliphatic rings. The number of unbranched alkanes of at least 4 members (excludes halogenated alkanes) is 14. The molecular formula is C33H61NO5. The number of hydrogen-bond donors (Lipinski definition) is 1. The van der Waals surface area contributed by atoms with Crippen molar-refractivity contribution in [2.45, 2.75) is 148 Å². The Bertz CT molecular complexity index is 623. The van der Waals surface area contributed by atoms with Gasteiger partial charge < -0.3 is 19.5 Å². The van der Waals surface area contributed by atoms with E-state index in [4.69, 9.17) is 9.47 Å². The first-order valence-corrected chi connectivity index (χ1v) is 16.7. The van der Waals surface area contributed by atoms with E-state index in [9.17, 15) is 14.7 Å². The van der Waals surface area contributed by atoms with Gasteiger partial charge in [-0.05, 0) is 70.4 Å². The predicted octanol–water partition coefficient (Wildman–Crippen LogP) is 7.60. The lowest BCUT2D eigenvalue weighted by molar-refractivity contribution is -0.174. The summed E-state index contributed by atoms with van der Waals surface area (Å²) in [6, 6.07) is 0. The third kappa shape index (κ3) is 16.0. The van der Waals surface area contributed by atoms with Crippen molar-refractivity contribution in [2.75, 3.05) is 39.5 Å². The minimum Gasteiger partial charge on any atom is -0.466 e. The average Bonchev–Trinajstić information content (AvgIpc) is 2.87. The molecule has 0 aromatic heterocycles. The van der Waals surface area contributed by atoms with Crippen LogP contribution in [0.25, 0.3) is 0 Å². The summed E-state index contributed by atoms with van der Waals surface area (Å²) in [6.45, 7) is 6.52. The van der Waals surface area contributed by atoms with E-state index in [0.29, 0.717) is 31.5 Å². The molecule has 3 fully saturated rings. The molecule has 0 unspecified atom stereocenters. The van der Waals surface area contributed by atoms with Gasteiger partial charge in [-0.25, -0.2) is 0 Å². The third-order valence-electron chi connectivity index (χ3n) is 8.84. The van der Waals surface area contributed by atoms with Gasteiger partial charge >= 0.3 is 11.9 Å². The van der Waals surface area contributed by atoms with Crippen molar-refractivity contribution in [3.8, 4) is 0 Å². The zero-order valence-corrected chi connectivity index (χ0v) is 25.4. The largest absolute Gasteiger partial charge is 0.466 e. The van der Waals surface area contributed by atoms with Crippen LogP contribution in [0.3, 0.4) is 0 Å². The fourth-order valence-corrected chi connectivity index (χ4v) is 6.20. The maximum Gasteiger partial charge on any atom is 0.305 e. The molecule has 0 atom stereocenters.